The van der Waals surface area contributed by atoms with Crippen LogP contribution in [-0.4, -0.2) is 41.7 Å². The number of aromatic nitrogens is 2. The quantitative estimate of drug-likeness (QED) is 0.474. The second-order valence-corrected chi connectivity index (χ2v) is 8.80. The molecule has 0 atom stereocenters. The summed E-state index contributed by atoms with van der Waals surface area (Å²) < 4.78 is 11.6. The summed E-state index contributed by atoms with van der Waals surface area (Å²) in [5.74, 6) is 0.482. The molecule has 1 aliphatic heterocycles. The van der Waals surface area contributed by atoms with E-state index in [2.05, 4.69) is 20.6 Å². The number of pyridine rings is 1. The summed E-state index contributed by atoms with van der Waals surface area (Å²) >= 11 is 6.34. The second kappa shape index (κ2) is 8.84. The number of H-pyrrole nitrogens is 1. The molecular weight excluding hydrogens is 428 g/mol. The Balaban J connectivity index is 1.82. The molecule has 3 aromatic rings. The summed E-state index contributed by atoms with van der Waals surface area (Å²) in [5.41, 5.74) is 5.01. The van der Waals surface area contributed by atoms with Gasteiger partial charge in [-0.25, -0.2) is 0 Å². The van der Waals surface area contributed by atoms with Gasteiger partial charge in [0.15, 0.2) is 0 Å². The number of amides is 1. The van der Waals surface area contributed by atoms with Crippen LogP contribution in [0, 0.1) is 6.92 Å². The number of fused-ring (bicyclic) bond motifs is 1. The second-order valence-electron chi connectivity index (χ2n) is 8.40. The normalized spacial score (nSPS) is 13.5. The average Bonchev–Trinajstić information content (AvgIpc) is 3.15. The van der Waals surface area contributed by atoms with Crippen molar-refractivity contribution < 1.29 is 14.3 Å². The smallest absolute Gasteiger partial charge is 0.255 e. The van der Waals surface area contributed by atoms with Crippen molar-refractivity contribution in [2.75, 3.05) is 25.6 Å². The van der Waals surface area contributed by atoms with Gasteiger partial charge in [0.2, 0.25) is 0 Å². The SMILES string of the molecule is COC(C)(C)COc1cnccc1-c1[nH]c2c(c1Nc1cccc(Cl)c1C)C(=O)NCC2. The molecule has 3 N–H and O–H groups in total. The molecule has 0 unspecified atom stereocenters. The van der Waals surface area contributed by atoms with Gasteiger partial charge in [0.05, 0.1) is 28.7 Å². The number of hydrogen-bond acceptors (Lipinski definition) is 5. The first-order valence-electron chi connectivity index (χ1n) is 10.5. The average molecular weight is 455 g/mol. The number of halogens is 1. The highest BCUT2D eigenvalue weighted by molar-refractivity contribution is 6.31. The largest absolute Gasteiger partial charge is 0.488 e. The lowest BCUT2D eigenvalue weighted by Crippen LogP contribution is -2.31. The highest BCUT2D eigenvalue weighted by Gasteiger charge is 2.29. The number of anilines is 2. The van der Waals surface area contributed by atoms with Gasteiger partial charge < -0.3 is 25.1 Å². The first kappa shape index (κ1) is 22.2. The van der Waals surface area contributed by atoms with E-state index in [0.717, 1.165) is 28.2 Å². The van der Waals surface area contributed by atoms with Crippen LogP contribution in [0.4, 0.5) is 11.4 Å². The number of nitrogens with zero attached hydrogens (tertiary/aromatic N) is 1. The van der Waals surface area contributed by atoms with Gasteiger partial charge in [-0.2, -0.15) is 0 Å². The molecule has 0 fully saturated rings. The summed E-state index contributed by atoms with van der Waals surface area (Å²) in [4.78, 5) is 20.5. The number of hydrogen-bond donors (Lipinski definition) is 3. The minimum atomic E-state index is -0.457. The molecule has 0 radical (unpaired) electrons. The van der Waals surface area contributed by atoms with Crippen molar-refractivity contribution in [1.82, 2.24) is 15.3 Å². The van der Waals surface area contributed by atoms with Crippen LogP contribution >= 0.6 is 11.6 Å². The van der Waals surface area contributed by atoms with E-state index in [1.165, 1.54) is 0 Å². The van der Waals surface area contributed by atoms with E-state index < -0.39 is 5.60 Å². The minimum Gasteiger partial charge on any atom is -0.488 e. The van der Waals surface area contributed by atoms with E-state index in [9.17, 15) is 4.79 Å². The first-order valence-corrected chi connectivity index (χ1v) is 10.9. The van der Waals surface area contributed by atoms with Crippen LogP contribution in [-0.2, 0) is 11.2 Å². The van der Waals surface area contributed by atoms with E-state index in [1.54, 1.807) is 19.5 Å². The van der Waals surface area contributed by atoms with Gasteiger partial charge in [0.25, 0.3) is 5.91 Å². The molecular formula is C24H27ClN4O3. The lowest BCUT2D eigenvalue weighted by Gasteiger charge is -2.23. The Hall–Kier alpha value is -3.03. The third kappa shape index (κ3) is 4.31. The summed E-state index contributed by atoms with van der Waals surface area (Å²) in [6.07, 6.45) is 4.09. The Morgan fingerprint density at radius 1 is 1.28 bits per heavy atom. The molecule has 3 heterocycles. The van der Waals surface area contributed by atoms with Gasteiger partial charge in [-0.05, 0) is 44.5 Å². The lowest BCUT2D eigenvalue weighted by molar-refractivity contribution is -0.0146. The van der Waals surface area contributed by atoms with E-state index in [1.807, 2.05) is 45.0 Å². The molecule has 7 nitrogen and oxygen atoms in total. The third-order valence-corrected chi connectivity index (χ3v) is 6.08. The number of carbonyl (C=O) groups excluding carboxylic acids is 1. The Morgan fingerprint density at radius 3 is 2.88 bits per heavy atom. The monoisotopic (exact) mass is 454 g/mol. The van der Waals surface area contributed by atoms with Crippen molar-refractivity contribution in [2.24, 2.45) is 0 Å². The van der Waals surface area contributed by atoms with Crippen LogP contribution in [0.2, 0.25) is 5.02 Å². The zero-order valence-electron chi connectivity index (χ0n) is 18.6. The molecule has 0 aliphatic carbocycles. The summed E-state index contributed by atoms with van der Waals surface area (Å²) in [6, 6.07) is 7.54. The Labute approximate surface area is 192 Å². The molecule has 1 aliphatic rings. The van der Waals surface area contributed by atoms with Gasteiger partial charge in [0.1, 0.15) is 12.4 Å². The maximum Gasteiger partial charge on any atom is 0.255 e. The number of methoxy groups -OCH3 is 1. The maximum atomic E-state index is 12.8. The Kier molecular flexibility index (Phi) is 6.13. The molecule has 32 heavy (non-hydrogen) atoms. The fraction of sp³-hybridized carbons (Fsp3) is 0.333. The number of rotatable bonds is 7. The molecule has 0 spiro atoms. The van der Waals surface area contributed by atoms with Crippen molar-refractivity contribution in [3.63, 3.8) is 0 Å². The van der Waals surface area contributed by atoms with E-state index >= 15 is 0 Å². The van der Waals surface area contributed by atoms with Gasteiger partial charge >= 0.3 is 0 Å². The highest BCUT2D eigenvalue weighted by Crippen LogP contribution is 2.41. The van der Waals surface area contributed by atoms with E-state index in [-0.39, 0.29) is 5.91 Å². The van der Waals surface area contributed by atoms with Crippen molar-refractivity contribution >= 4 is 28.9 Å². The predicted molar refractivity (Wildman–Crippen MR) is 126 cm³/mol. The molecule has 0 saturated carbocycles. The first-order chi connectivity index (χ1) is 15.3. The van der Waals surface area contributed by atoms with Gasteiger partial charge in [-0.3, -0.25) is 9.78 Å². The van der Waals surface area contributed by atoms with E-state index in [0.29, 0.717) is 41.6 Å². The lowest BCUT2D eigenvalue weighted by atomic mass is 10.0. The van der Waals surface area contributed by atoms with Crippen molar-refractivity contribution in [2.45, 2.75) is 32.8 Å². The van der Waals surface area contributed by atoms with Crippen LogP contribution in [0.3, 0.4) is 0 Å². The third-order valence-electron chi connectivity index (χ3n) is 5.67. The molecule has 4 rings (SSSR count). The molecule has 168 valence electrons. The van der Waals surface area contributed by atoms with Crippen LogP contribution < -0.4 is 15.4 Å². The topological polar surface area (TPSA) is 88.3 Å². The number of ether oxygens (including phenoxy) is 2. The number of carbonyl (C=O) groups is 1. The minimum absolute atomic E-state index is 0.118. The molecule has 0 bridgehead atoms. The van der Waals surface area contributed by atoms with Crippen LogP contribution in [0.25, 0.3) is 11.3 Å². The Morgan fingerprint density at radius 2 is 2.09 bits per heavy atom. The standard InChI is InChI=1S/C24H27ClN4O3/c1-14-16(25)6-5-7-17(14)28-22-20-18(9-11-27-23(20)30)29-21(22)15-8-10-26-12-19(15)32-13-24(2,3)31-4/h5-8,10,12,28-29H,9,11,13H2,1-4H3,(H,27,30). The summed E-state index contributed by atoms with van der Waals surface area (Å²) in [5, 5.41) is 7.04. The van der Waals surface area contributed by atoms with Gasteiger partial charge in [-0.15, -0.1) is 0 Å². The van der Waals surface area contributed by atoms with Crippen LogP contribution in [0.15, 0.2) is 36.7 Å². The fourth-order valence-corrected chi connectivity index (χ4v) is 3.77. The Bertz CT molecular complexity index is 1160. The van der Waals surface area contributed by atoms with Crippen LogP contribution in [0.5, 0.6) is 5.75 Å². The van der Waals surface area contributed by atoms with Crippen molar-refractivity contribution in [1.29, 1.82) is 0 Å². The number of aromatic amines is 1. The van der Waals surface area contributed by atoms with Gasteiger partial charge in [-0.1, -0.05) is 17.7 Å². The molecule has 1 aromatic carbocycles. The molecule has 2 aromatic heterocycles. The molecule has 0 saturated heterocycles. The van der Waals surface area contributed by atoms with Crippen LogP contribution in [0.1, 0.15) is 35.5 Å². The molecule has 1 amide bonds. The highest BCUT2D eigenvalue weighted by atomic mass is 35.5. The van der Waals surface area contributed by atoms with Gasteiger partial charge in [0, 0.05) is 48.2 Å². The zero-order valence-corrected chi connectivity index (χ0v) is 19.4. The van der Waals surface area contributed by atoms with Crippen molar-refractivity contribution in [3.8, 4) is 17.0 Å². The molecule has 8 heteroatoms. The number of nitrogens with one attached hydrogen (secondary N) is 3. The zero-order chi connectivity index (χ0) is 22.9. The number of benzene rings is 1. The van der Waals surface area contributed by atoms with E-state index in [4.69, 9.17) is 21.1 Å². The summed E-state index contributed by atoms with van der Waals surface area (Å²) in [7, 11) is 1.65. The summed E-state index contributed by atoms with van der Waals surface area (Å²) in [6.45, 7) is 6.78. The predicted octanol–water partition coefficient (Wildman–Crippen LogP) is 4.87. The fourth-order valence-electron chi connectivity index (χ4n) is 3.60. The maximum absolute atomic E-state index is 12.8. The van der Waals surface area contributed by atoms with Crippen molar-refractivity contribution in [3.05, 3.63) is 58.5 Å².